The van der Waals surface area contributed by atoms with Crippen molar-refractivity contribution in [3.8, 4) is 6.07 Å². The maximum absolute atomic E-state index is 13.9. The van der Waals surface area contributed by atoms with Crippen molar-refractivity contribution in [3.05, 3.63) is 21.9 Å². The van der Waals surface area contributed by atoms with E-state index >= 15 is 0 Å². The third-order valence-electron chi connectivity index (χ3n) is 7.62. The zero-order chi connectivity index (χ0) is 22.7. The molecule has 0 saturated heterocycles. The SMILES string of the molecule is C[C@H]1CC[C@H](C(=O)N(c2cc(C3=CCCCC3)sc2C(=O)O)[C@H]2CC[C@@H](C#N)CC2)CC1. The van der Waals surface area contributed by atoms with Crippen molar-refractivity contribution in [1.29, 1.82) is 5.26 Å². The van der Waals surface area contributed by atoms with Crippen LogP contribution in [0.5, 0.6) is 0 Å². The first-order valence-corrected chi connectivity index (χ1v) is 13.1. The molecule has 3 aliphatic rings. The minimum Gasteiger partial charge on any atom is -0.477 e. The monoisotopic (exact) mass is 454 g/mol. The first kappa shape index (κ1) is 23.0. The number of carbonyl (C=O) groups excluding carboxylic acids is 1. The van der Waals surface area contributed by atoms with Crippen LogP contribution in [0, 0.1) is 29.1 Å². The number of amides is 1. The van der Waals surface area contributed by atoms with Gasteiger partial charge in [0, 0.05) is 22.8 Å². The molecule has 1 N–H and O–H groups in total. The van der Waals surface area contributed by atoms with Gasteiger partial charge in [-0.25, -0.2) is 4.79 Å². The second kappa shape index (κ2) is 10.2. The van der Waals surface area contributed by atoms with Gasteiger partial charge in [0.05, 0.1) is 11.8 Å². The number of rotatable bonds is 5. The molecule has 0 aromatic carbocycles. The second-order valence-corrected chi connectivity index (χ2v) is 11.0. The summed E-state index contributed by atoms with van der Waals surface area (Å²) in [7, 11) is 0. The minimum atomic E-state index is -0.951. The van der Waals surface area contributed by atoms with Gasteiger partial charge < -0.3 is 10.0 Å². The molecule has 5 nitrogen and oxygen atoms in total. The first-order valence-electron chi connectivity index (χ1n) is 12.3. The van der Waals surface area contributed by atoms with E-state index in [0.717, 1.165) is 75.5 Å². The summed E-state index contributed by atoms with van der Waals surface area (Å²) >= 11 is 1.32. The number of hydrogen-bond donors (Lipinski definition) is 1. The fraction of sp³-hybridized carbons (Fsp3) is 0.654. The van der Waals surface area contributed by atoms with Gasteiger partial charge >= 0.3 is 5.97 Å². The molecule has 0 atom stereocenters. The lowest BCUT2D eigenvalue weighted by Crippen LogP contribution is -2.46. The maximum Gasteiger partial charge on any atom is 0.348 e. The number of carbonyl (C=O) groups is 2. The molecule has 172 valence electrons. The van der Waals surface area contributed by atoms with E-state index in [1.54, 1.807) is 0 Å². The van der Waals surface area contributed by atoms with Gasteiger partial charge in [0.25, 0.3) is 0 Å². The van der Waals surface area contributed by atoms with Crippen molar-refractivity contribution in [2.24, 2.45) is 17.8 Å². The predicted molar refractivity (Wildman–Crippen MR) is 128 cm³/mol. The smallest absolute Gasteiger partial charge is 0.348 e. The Labute approximate surface area is 195 Å². The van der Waals surface area contributed by atoms with E-state index in [4.69, 9.17) is 0 Å². The average Bonchev–Trinajstić information content (AvgIpc) is 3.26. The topological polar surface area (TPSA) is 81.4 Å². The van der Waals surface area contributed by atoms with Gasteiger partial charge in [-0.15, -0.1) is 11.3 Å². The molecule has 3 aliphatic carbocycles. The number of allylic oxidation sites excluding steroid dienone is 2. The normalized spacial score (nSPS) is 28.4. The molecule has 1 aromatic rings. The number of nitriles is 1. The third-order valence-corrected chi connectivity index (χ3v) is 8.81. The number of carboxylic acids is 1. The Balaban J connectivity index is 1.69. The van der Waals surface area contributed by atoms with Crippen LogP contribution in [0.2, 0.25) is 0 Å². The third kappa shape index (κ3) is 4.93. The molecule has 1 aromatic heterocycles. The summed E-state index contributed by atoms with van der Waals surface area (Å²) in [4.78, 5) is 29.3. The number of thiophene rings is 1. The van der Waals surface area contributed by atoms with Crippen LogP contribution in [-0.4, -0.2) is 23.0 Å². The largest absolute Gasteiger partial charge is 0.477 e. The first-order chi connectivity index (χ1) is 15.5. The van der Waals surface area contributed by atoms with E-state index in [9.17, 15) is 20.0 Å². The van der Waals surface area contributed by atoms with Crippen molar-refractivity contribution < 1.29 is 14.7 Å². The molecule has 0 bridgehead atoms. The van der Waals surface area contributed by atoms with E-state index in [1.165, 1.54) is 23.3 Å². The summed E-state index contributed by atoms with van der Waals surface area (Å²) in [6.07, 6.45) is 13.5. The molecular weight excluding hydrogens is 420 g/mol. The summed E-state index contributed by atoms with van der Waals surface area (Å²) in [6.45, 7) is 2.24. The van der Waals surface area contributed by atoms with Crippen molar-refractivity contribution in [3.63, 3.8) is 0 Å². The van der Waals surface area contributed by atoms with Crippen LogP contribution in [0.3, 0.4) is 0 Å². The molecule has 2 fully saturated rings. The highest BCUT2D eigenvalue weighted by Gasteiger charge is 2.37. The Morgan fingerprint density at radius 1 is 1.09 bits per heavy atom. The second-order valence-electron chi connectivity index (χ2n) is 9.90. The van der Waals surface area contributed by atoms with Gasteiger partial charge in [0.15, 0.2) is 0 Å². The Morgan fingerprint density at radius 2 is 1.81 bits per heavy atom. The summed E-state index contributed by atoms with van der Waals surface area (Å²) in [5.41, 5.74) is 1.81. The number of nitrogens with zero attached hydrogens (tertiary/aromatic N) is 2. The lowest BCUT2D eigenvalue weighted by molar-refractivity contribution is -0.124. The Hall–Kier alpha value is -2.13. The summed E-state index contributed by atoms with van der Waals surface area (Å²) in [6, 6.07) is 4.33. The van der Waals surface area contributed by atoms with Gasteiger partial charge in [-0.2, -0.15) is 5.26 Å². The zero-order valence-electron chi connectivity index (χ0n) is 19.0. The Morgan fingerprint density at radius 3 is 2.41 bits per heavy atom. The van der Waals surface area contributed by atoms with Crippen LogP contribution in [-0.2, 0) is 4.79 Å². The average molecular weight is 455 g/mol. The van der Waals surface area contributed by atoms with Crippen molar-refractivity contribution in [2.75, 3.05) is 4.90 Å². The lowest BCUT2D eigenvalue weighted by atomic mass is 9.81. The molecule has 1 amide bonds. The maximum atomic E-state index is 13.9. The highest BCUT2D eigenvalue weighted by atomic mass is 32.1. The van der Waals surface area contributed by atoms with Gasteiger partial charge in [0.1, 0.15) is 4.88 Å². The Kier molecular flexibility index (Phi) is 7.35. The van der Waals surface area contributed by atoms with E-state index in [-0.39, 0.29) is 28.7 Å². The molecule has 4 rings (SSSR count). The molecule has 0 spiro atoms. The van der Waals surface area contributed by atoms with Gasteiger partial charge in [-0.3, -0.25) is 4.79 Å². The van der Waals surface area contributed by atoms with Crippen molar-refractivity contribution in [1.82, 2.24) is 0 Å². The molecule has 0 radical (unpaired) electrons. The number of aromatic carboxylic acids is 1. The highest BCUT2D eigenvalue weighted by Crippen LogP contribution is 2.42. The quantitative estimate of drug-likeness (QED) is 0.540. The summed E-state index contributed by atoms with van der Waals surface area (Å²) < 4.78 is 0. The van der Waals surface area contributed by atoms with Crippen molar-refractivity contribution >= 4 is 34.5 Å². The Bertz CT molecular complexity index is 912. The van der Waals surface area contributed by atoms with E-state index in [1.807, 2.05) is 11.0 Å². The molecule has 0 aliphatic heterocycles. The van der Waals surface area contributed by atoms with Crippen LogP contribution in [0.15, 0.2) is 12.1 Å². The number of carboxylic acid groups (broad SMARTS) is 1. The van der Waals surface area contributed by atoms with E-state index < -0.39 is 5.97 Å². The minimum absolute atomic E-state index is 0.0210. The van der Waals surface area contributed by atoms with E-state index in [2.05, 4.69) is 19.1 Å². The fourth-order valence-electron chi connectivity index (χ4n) is 5.60. The molecule has 32 heavy (non-hydrogen) atoms. The summed E-state index contributed by atoms with van der Waals surface area (Å²) in [5.74, 6) is -0.184. The van der Waals surface area contributed by atoms with Crippen molar-refractivity contribution in [2.45, 2.75) is 90.0 Å². The van der Waals surface area contributed by atoms with E-state index in [0.29, 0.717) is 11.6 Å². The lowest BCUT2D eigenvalue weighted by Gasteiger charge is -2.38. The van der Waals surface area contributed by atoms with Gasteiger partial charge in [-0.05, 0) is 94.6 Å². The van der Waals surface area contributed by atoms with Crippen LogP contribution in [0.1, 0.15) is 98.5 Å². The molecule has 0 unspecified atom stereocenters. The van der Waals surface area contributed by atoms with Crippen LogP contribution in [0.4, 0.5) is 5.69 Å². The molecule has 2 saturated carbocycles. The van der Waals surface area contributed by atoms with Gasteiger partial charge in [0.2, 0.25) is 5.91 Å². The summed E-state index contributed by atoms with van der Waals surface area (Å²) in [5, 5.41) is 19.4. The fourth-order valence-corrected chi connectivity index (χ4v) is 6.65. The van der Waals surface area contributed by atoms with Crippen LogP contribution < -0.4 is 4.90 Å². The number of hydrogen-bond acceptors (Lipinski definition) is 4. The van der Waals surface area contributed by atoms with Crippen LogP contribution >= 0.6 is 11.3 Å². The van der Waals surface area contributed by atoms with Gasteiger partial charge in [-0.1, -0.05) is 13.0 Å². The van der Waals surface area contributed by atoms with Crippen LogP contribution in [0.25, 0.3) is 5.57 Å². The predicted octanol–water partition coefficient (Wildman–Crippen LogP) is 6.65. The molecule has 6 heteroatoms. The molecule has 1 heterocycles. The standard InChI is InChI=1S/C26H34N2O3S/c1-17-7-11-20(12-8-17)25(29)28(21-13-9-18(16-27)10-14-21)22-15-23(32-24(22)26(30)31)19-5-3-2-4-6-19/h5,15,17-18,20-21H,2-4,6-14H2,1H3,(H,30,31)/t17-,18-,20-,21+. The number of anilines is 1. The highest BCUT2D eigenvalue weighted by molar-refractivity contribution is 7.15. The molecular formula is C26H34N2O3S. The zero-order valence-corrected chi connectivity index (χ0v) is 19.8.